The van der Waals surface area contributed by atoms with Gasteiger partial charge in [-0.1, -0.05) is 6.08 Å². The largest absolute Gasteiger partial charge is 0.392 e. The molecule has 0 saturated heterocycles. The molecule has 0 aromatic carbocycles. The van der Waals surface area contributed by atoms with Crippen LogP contribution in [-0.2, 0) is 0 Å². The van der Waals surface area contributed by atoms with Crippen molar-refractivity contribution in [2.45, 2.75) is 18.9 Å². The van der Waals surface area contributed by atoms with Crippen LogP contribution in [0.2, 0.25) is 0 Å². The zero-order valence-electron chi connectivity index (χ0n) is 9.37. The first kappa shape index (κ1) is 10.3. The lowest BCUT2D eigenvalue weighted by molar-refractivity contribution is 0.328. The van der Waals surface area contributed by atoms with Crippen molar-refractivity contribution in [2.24, 2.45) is 0 Å². The molecule has 1 aliphatic carbocycles. The van der Waals surface area contributed by atoms with E-state index in [0.29, 0.717) is 5.82 Å². The Morgan fingerprint density at radius 1 is 1.47 bits per heavy atom. The molecular formula is C12H14N4O. The quantitative estimate of drug-likeness (QED) is 0.761. The van der Waals surface area contributed by atoms with E-state index in [9.17, 15) is 0 Å². The van der Waals surface area contributed by atoms with Crippen LogP contribution in [0.3, 0.4) is 0 Å². The number of hydrogen-bond donors (Lipinski definition) is 2. The molecule has 88 valence electrons. The van der Waals surface area contributed by atoms with E-state index in [1.807, 2.05) is 6.07 Å². The smallest absolute Gasteiger partial charge is 0.151 e. The van der Waals surface area contributed by atoms with E-state index in [4.69, 9.17) is 10.8 Å². The summed E-state index contributed by atoms with van der Waals surface area (Å²) >= 11 is 0. The molecule has 0 spiro atoms. The summed E-state index contributed by atoms with van der Waals surface area (Å²) in [4.78, 5) is 8.32. The van der Waals surface area contributed by atoms with Crippen LogP contribution in [-0.4, -0.2) is 26.2 Å². The average Bonchev–Trinajstić information content (AvgIpc) is 2.94. The van der Waals surface area contributed by atoms with Crippen molar-refractivity contribution < 1.29 is 5.11 Å². The van der Waals surface area contributed by atoms with Crippen molar-refractivity contribution in [3.63, 3.8) is 0 Å². The SMILES string of the molecule is Nc1nccc2c1ncn2[C@H]1C=C(CO)CC1. The lowest BCUT2D eigenvalue weighted by Crippen LogP contribution is -2.02. The van der Waals surface area contributed by atoms with E-state index in [2.05, 4.69) is 20.6 Å². The summed E-state index contributed by atoms with van der Waals surface area (Å²) in [5.74, 6) is 0.464. The number of anilines is 1. The normalized spacial score (nSPS) is 19.8. The maximum atomic E-state index is 9.12. The summed E-state index contributed by atoms with van der Waals surface area (Å²) in [7, 11) is 0. The van der Waals surface area contributed by atoms with Crippen molar-refractivity contribution in [3.8, 4) is 0 Å². The standard InChI is InChI=1S/C12H14N4O/c13-12-11-10(3-4-14-12)16(7-15-11)9-2-1-8(5-9)6-17/h3-5,7,9,17H,1-2,6H2,(H2,13,14)/t9-/m1/s1. The molecule has 0 aliphatic heterocycles. The van der Waals surface area contributed by atoms with Gasteiger partial charge in [0.15, 0.2) is 5.82 Å². The van der Waals surface area contributed by atoms with Crippen molar-refractivity contribution in [1.29, 1.82) is 0 Å². The molecule has 2 aromatic heterocycles. The number of aromatic nitrogens is 3. The van der Waals surface area contributed by atoms with Crippen LogP contribution in [0.15, 0.2) is 30.2 Å². The van der Waals surface area contributed by atoms with Crippen molar-refractivity contribution in [1.82, 2.24) is 14.5 Å². The Morgan fingerprint density at radius 2 is 2.35 bits per heavy atom. The zero-order valence-corrected chi connectivity index (χ0v) is 9.37. The minimum atomic E-state index is 0.146. The highest BCUT2D eigenvalue weighted by molar-refractivity contribution is 5.84. The Morgan fingerprint density at radius 3 is 3.12 bits per heavy atom. The summed E-state index contributed by atoms with van der Waals surface area (Å²) in [6.45, 7) is 0.146. The number of pyridine rings is 1. The van der Waals surface area contributed by atoms with E-state index in [1.54, 1.807) is 12.5 Å². The van der Waals surface area contributed by atoms with E-state index < -0.39 is 0 Å². The van der Waals surface area contributed by atoms with E-state index >= 15 is 0 Å². The van der Waals surface area contributed by atoms with Crippen LogP contribution < -0.4 is 5.73 Å². The number of nitrogens with two attached hydrogens (primary N) is 1. The van der Waals surface area contributed by atoms with Gasteiger partial charge in [-0.05, 0) is 24.5 Å². The van der Waals surface area contributed by atoms with Crippen LogP contribution >= 0.6 is 0 Å². The van der Waals surface area contributed by atoms with Gasteiger partial charge in [0.25, 0.3) is 0 Å². The summed E-state index contributed by atoms with van der Waals surface area (Å²) in [6.07, 6.45) is 7.55. The molecule has 1 aliphatic rings. The highest BCUT2D eigenvalue weighted by Crippen LogP contribution is 2.31. The first-order valence-corrected chi connectivity index (χ1v) is 5.67. The van der Waals surface area contributed by atoms with Crippen molar-refractivity contribution in [2.75, 3.05) is 12.3 Å². The second kappa shape index (κ2) is 3.85. The van der Waals surface area contributed by atoms with Crippen LogP contribution in [0, 0.1) is 0 Å². The van der Waals surface area contributed by atoms with E-state index in [1.165, 1.54) is 0 Å². The monoisotopic (exact) mass is 230 g/mol. The number of aliphatic hydroxyl groups excluding tert-OH is 1. The topological polar surface area (TPSA) is 77.0 Å². The fourth-order valence-corrected chi connectivity index (χ4v) is 2.37. The highest BCUT2D eigenvalue weighted by Gasteiger charge is 2.19. The predicted octanol–water partition coefficient (Wildman–Crippen LogP) is 1.27. The van der Waals surface area contributed by atoms with Crippen molar-refractivity contribution in [3.05, 3.63) is 30.2 Å². The number of nitrogen functional groups attached to an aromatic ring is 1. The number of rotatable bonds is 2. The fourth-order valence-electron chi connectivity index (χ4n) is 2.37. The number of fused-ring (bicyclic) bond motifs is 1. The molecule has 5 heteroatoms. The Labute approximate surface area is 98.6 Å². The van der Waals surface area contributed by atoms with Gasteiger partial charge in [0, 0.05) is 6.20 Å². The molecular weight excluding hydrogens is 216 g/mol. The summed E-state index contributed by atoms with van der Waals surface area (Å²) in [5.41, 5.74) is 8.62. The lowest BCUT2D eigenvalue weighted by Gasteiger charge is -2.10. The Kier molecular flexibility index (Phi) is 2.33. The lowest BCUT2D eigenvalue weighted by atomic mass is 10.2. The number of allylic oxidation sites excluding steroid dienone is 1. The van der Waals surface area contributed by atoms with Gasteiger partial charge in [-0.3, -0.25) is 0 Å². The van der Waals surface area contributed by atoms with Gasteiger partial charge in [0.05, 0.1) is 24.5 Å². The number of nitrogens with zero attached hydrogens (tertiary/aromatic N) is 3. The van der Waals surface area contributed by atoms with Crippen molar-refractivity contribution >= 4 is 16.9 Å². The molecule has 0 radical (unpaired) electrons. The molecule has 0 amide bonds. The predicted molar refractivity (Wildman–Crippen MR) is 65.4 cm³/mol. The van der Waals surface area contributed by atoms with Gasteiger partial charge in [0.2, 0.25) is 0 Å². The number of hydrogen-bond acceptors (Lipinski definition) is 4. The third-order valence-electron chi connectivity index (χ3n) is 3.27. The van der Waals surface area contributed by atoms with Gasteiger partial charge in [-0.25, -0.2) is 9.97 Å². The second-order valence-corrected chi connectivity index (χ2v) is 4.30. The first-order chi connectivity index (χ1) is 8.29. The van der Waals surface area contributed by atoms with Gasteiger partial charge < -0.3 is 15.4 Å². The Bertz CT molecular complexity index is 587. The minimum Gasteiger partial charge on any atom is -0.392 e. The third kappa shape index (κ3) is 1.59. The molecule has 0 unspecified atom stereocenters. The summed E-state index contributed by atoms with van der Waals surface area (Å²) in [6, 6.07) is 2.19. The van der Waals surface area contributed by atoms with E-state index in [-0.39, 0.29) is 12.6 Å². The number of imidazole rings is 1. The Balaban J connectivity index is 2.07. The molecule has 1 atom stereocenters. The molecule has 5 nitrogen and oxygen atoms in total. The molecule has 2 heterocycles. The molecule has 0 saturated carbocycles. The second-order valence-electron chi connectivity index (χ2n) is 4.30. The maximum absolute atomic E-state index is 9.12. The van der Waals surface area contributed by atoms with Gasteiger partial charge in [-0.2, -0.15) is 0 Å². The van der Waals surface area contributed by atoms with Gasteiger partial charge in [0.1, 0.15) is 5.52 Å². The van der Waals surface area contributed by atoms with Gasteiger partial charge >= 0.3 is 0 Å². The summed E-state index contributed by atoms with van der Waals surface area (Å²) < 4.78 is 2.09. The Hall–Kier alpha value is -1.88. The maximum Gasteiger partial charge on any atom is 0.151 e. The average molecular weight is 230 g/mol. The fraction of sp³-hybridized carbons (Fsp3) is 0.333. The van der Waals surface area contributed by atoms with Gasteiger partial charge in [-0.15, -0.1) is 0 Å². The van der Waals surface area contributed by atoms with Crippen LogP contribution in [0.5, 0.6) is 0 Å². The zero-order chi connectivity index (χ0) is 11.8. The van der Waals surface area contributed by atoms with Crippen LogP contribution in [0.4, 0.5) is 5.82 Å². The first-order valence-electron chi connectivity index (χ1n) is 5.67. The molecule has 0 fully saturated rings. The summed E-state index contributed by atoms with van der Waals surface area (Å²) in [5, 5.41) is 9.12. The molecule has 0 bridgehead atoms. The van der Waals surface area contributed by atoms with E-state index in [0.717, 1.165) is 29.4 Å². The highest BCUT2D eigenvalue weighted by atomic mass is 16.3. The van der Waals surface area contributed by atoms with Crippen LogP contribution in [0.1, 0.15) is 18.9 Å². The molecule has 3 rings (SSSR count). The molecule has 3 N–H and O–H groups in total. The molecule has 17 heavy (non-hydrogen) atoms. The molecule has 2 aromatic rings. The van der Waals surface area contributed by atoms with Crippen LogP contribution in [0.25, 0.3) is 11.0 Å². The minimum absolute atomic E-state index is 0.146. The number of aliphatic hydroxyl groups is 1. The third-order valence-corrected chi connectivity index (χ3v) is 3.27.